The standard InChI is InChI=1S/C15H17N3O5.ClH/c16-10(6-9-4-2-1-3-5-9)14(22)17-11-7-12(19)18(15(11)23)8-13(20)21;/h1-5,10-11H,6-8,16H2,(H,17,22)(H,20,21);1H/t10-,11-;/m0./s1. The molecule has 1 aromatic rings. The highest BCUT2D eigenvalue weighted by atomic mass is 35.5. The first-order valence-electron chi connectivity index (χ1n) is 7.04. The van der Waals surface area contributed by atoms with Gasteiger partial charge in [-0.2, -0.15) is 0 Å². The number of carboxylic acid groups (broad SMARTS) is 1. The lowest BCUT2D eigenvalue weighted by Crippen LogP contribution is -2.49. The molecule has 1 aliphatic heterocycles. The number of carbonyl (C=O) groups is 4. The number of hydrogen-bond acceptors (Lipinski definition) is 5. The van der Waals surface area contributed by atoms with Crippen molar-refractivity contribution >= 4 is 36.1 Å². The number of carboxylic acids is 1. The molecule has 1 heterocycles. The predicted octanol–water partition coefficient (Wildman–Crippen LogP) is -0.693. The number of aliphatic carboxylic acids is 1. The fourth-order valence-electron chi connectivity index (χ4n) is 2.34. The van der Waals surface area contributed by atoms with Crippen LogP contribution in [-0.4, -0.2) is 52.3 Å². The summed E-state index contributed by atoms with van der Waals surface area (Å²) in [7, 11) is 0. The van der Waals surface area contributed by atoms with Crippen molar-refractivity contribution in [3.63, 3.8) is 0 Å². The zero-order chi connectivity index (χ0) is 17.0. The summed E-state index contributed by atoms with van der Waals surface area (Å²) in [6.45, 7) is -0.708. The van der Waals surface area contributed by atoms with E-state index in [4.69, 9.17) is 10.8 Å². The van der Waals surface area contributed by atoms with E-state index in [0.29, 0.717) is 11.3 Å². The zero-order valence-electron chi connectivity index (χ0n) is 12.7. The van der Waals surface area contributed by atoms with Gasteiger partial charge in [-0.3, -0.25) is 24.1 Å². The first-order chi connectivity index (χ1) is 10.9. The second-order valence-electron chi connectivity index (χ2n) is 5.27. The van der Waals surface area contributed by atoms with Crippen LogP contribution in [0.4, 0.5) is 0 Å². The highest BCUT2D eigenvalue weighted by Crippen LogP contribution is 2.13. The fraction of sp³-hybridized carbons (Fsp3) is 0.333. The van der Waals surface area contributed by atoms with Gasteiger partial charge in [0.25, 0.3) is 5.91 Å². The van der Waals surface area contributed by atoms with Gasteiger partial charge in [-0.05, 0) is 12.0 Å². The van der Waals surface area contributed by atoms with Crippen molar-refractivity contribution in [1.29, 1.82) is 0 Å². The number of benzene rings is 1. The van der Waals surface area contributed by atoms with E-state index in [1.54, 1.807) is 0 Å². The highest BCUT2D eigenvalue weighted by Gasteiger charge is 2.40. The van der Waals surface area contributed by atoms with E-state index in [0.717, 1.165) is 5.56 Å². The smallest absolute Gasteiger partial charge is 0.323 e. The number of nitrogens with zero attached hydrogens (tertiary/aromatic N) is 1. The number of nitrogens with two attached hydrogens (primary N) is 1. The molecule has 1 saturated heterocycles. The molecule has 24 heavy (non-hydrogen) atoms. The Morgan fingerprint density at radius 3 is 2.50 bits per heavy atom. The molecule has 130 valence electrons. The quantitative estimate of drug-likeness (QED) is 0.579. The number of imide groups is 1. The van der Waals surface area contributed by atoms with Crippen LogP contribution in [0.1, 0.15) is 12.0 Å². The predicted molar refractivity (Wildman–Crippen MR) is 86.3 cm³/mol. The summed E-state index contributed by atoms with van der Waals surface area (Å²) in [5, 5.41) is 11.1. The molecule has 9 heteroatoms. The Kier molecular flexibility index (Phi) is 6.87. The van der Waals surface area contributed by atoms with Crippen LogP contribution >= 0.6 is 12.4 Å². The van der Waals surface area contributed by atoms with Crippen molar-refractivity contribution in [2.45, 2.75) is 24.9 Å². The molecule has 8 nitrogen and oxygen atoms in total. The van der Waals surface area contributed by atoms with Gasteiger partial charge in [-0.15, -0.1) is 12.4 Å². The molecule has 0 unspecified atom stereocenters. The van der Waals surface area contributed by atoms with E-state index < -0.39 is 42.3 Å². The first-order valence-corrected chi connectivity index (χ1v) is 7.04. The van der Waals surface area contributed by atoms with E-state index in [9.17, 15) is 19.2 Å². The SMILES string of the molecule is Cl.N[C@@H](Cc1ccccc1)C(=O)N[C@H]1CC(=O)N(CC(=O)O)C1=O. The van der Waals surface area contributed by atoms with Gasteiger partial charge in [0.05, 0.1) is 12.5 Å². The lowest BCUT2D eigenvalue weighted by atomic mass is 10.1. The van der Waals surface area contributed by atoms with Gasteiger partial charge in [0.1, 0.15) is 12.6 Å². The molecule has 1 aliphatic rings. The Labute approximate surface area is 144 Å². The molecule has 3 amide bonds. The molecule has 4 N–H and O–H groups in total. The van der Waals surface area contributed by atoms with Crippen molar-refractivity contribution in [3.8, 4) is 0 Å². The Morgan fingerprint density at radius 1 is 1.29 bits per heavy atom. The maximum atomic E-state index is 12.0. The van der Waals surface area contributed by atoms with Gasteiger partial charge in [-0.25, -0.2) is 0 Å². The molecule has 0 spiro atoms. The third kappa shape index (κ3) is 4.77. The average molecular weight is 356 g/mol. The summed E-state index contributed by atoms with van der Waals surface area (Å²) >= 11 is 0. The molecular weight excluding hydrogens is 338 g/mol. The van der Waals surface area contributed by atoms with Crippen LogP contribution < -0.4 is 11.1 Å². The third-order valence-corrected chi connectivity index (χ3v) is 3.49. The number of nitrogens with one attached hydrogen (secondary N) is 1. The van der Waals surface area contributed by atoms with Crippen LogP contribution in [0.25, 0.3) is 0 Å². The van der Waals surface area contributed by atoms with Crippen molar-refractivity contribution in [3.05, 3.63) is 35.9 Å². The number of halogens is 1. The van der Waals surface area contributed by atoms with E-state index in [2.05, 4.69) is 5.32 Å². The Balaban J connectivity index is 0.00000288. The number of carbonyl (C=O) groups excluding carboxylic acids is 3. The van der Waals surface area contributed by atoms with Gasteiger partial charge >= 0.3 is 5.97 Å². The second-order valence-corrected chi connectivity index (χ2v) is 5.27. The molecule has 2 rings (SSSR count). The molecule has 0 aliphatic carbocycles. The fourth-order valence-corrected chi connectivity index (χ4v) is 2.34. The monoisotopic (exact) mass is 355 g/mol. The number of amides is 3. The third-order valence-electron chi connectivity index (χ3n) is 3.49. The number of likely N-dealkylation sites (tertiary alicyclic amines) is 1. The molecule has 2 atom stereocenters. The molecule has 0 radical (unpaired) electrons. The van der Waals surface area contributed by atoms with Gasteiger partial charge < -0.3 is 16.2 Å². The van der Waals surface area contributed by atoms with Gasteiger partial charge in [0.15, 0.2) is 0 Å². The van der Waals surface area contributed by atoms with Crippen LogP contribution in [0, 0.1) is 0 Å². The average Bonchev–Trinajstić information content (AvgIpc) is 2.75. The van der Waals surface area contributed by atoms with E-state index in [-0.39, 0.29) is 18.8 Å². The normalized spacial score (nSPS) is 18.0. The largest absolute Gasteiger partial charge is 0.480 e. The summed E-state index contributed by atoms with van der Waals surface area (Å²) in [6.07, 6.45) is 0.0380. The summed E-state index contributed by atoms with van der Waals surface area (Å²) in [5.41, 5.74) is 6.68. The Morgan fingerprint density at radius 2 is 1.92 bits per heavy atom. The maximum Gasteiger partial charge on any atom is 0.323 e. The van der Waals surface area contributed by atoms with Crippen LogP contribution in [0.5, 0.6) is 0 Å². The molecule has 0 bridgehead atoms. The van der Waals surface area contributed by atoms with Crippen LogP contribution in [0.3, 0.4) is 0 Å². The van der Waals surface area contributed by atoms with Crippen LogP contribution in [0.15, 0.2) is 30.3 Å². The van der Waals surface area contributed by atoms with E-state index in [1.165, 1.54) is 0 Å². The van der Waals surface area contributed by atoms with Crippen LogP contribution in [-0.2, 0) is 25.6 Å². The van der Waals surface area contributed by atoms with Gasteiger partial charge in [0.2, 0.25) is 11.8 Å². The molecule has 1 aromatic carbocycles. The topological polar surface area (TPSA) is 130 Å². The second kappa shape index (κ2) is 8.42. The van der Waals surface area contributed by atoms with Crippen LogP contribution in [0.2, 0.25) is 0 Å². The maximum absolute atomic E-state index is 12.0. The van der Waals surface area contributed by atoms with Crippen molar-refractivity contribution in [1.82, 2.24) is 10.2 Å². The van der Waals surface area contributed by atoms with Crippen molar-refractivity contribution in [2.24, 2.45) is 5.73 Å². The Bertz CT molecular complexity index is 637. The Hall–Kier alpha value is -2.45. The lowest BCUT2D eigenvalue weighted by Gasteiger charge is -2.16. The van der Waals surface area contributed by atoms with Crippen molar-refractivity contribution in [2.75, 3.05) is 6.54 Å². The summed E-state index contributed by atoms with van der Waals surface area (Å²) in [4.78, 5) is 46.9. The van der Waals surface area contributed by atoms with E-state index in [1.807, 2.05) is 30.3 Å². The summed E-state index contributed by atoms with van der Waals surface area (Å²) in [6, 6.07) is 7.21. The minimum absolute atomic E-state index is 0. The minimum Gasteiger partial charge on any atom is -0.480 e. The lowest BCUT2D eigenvalue weighted by molar-refractivity contribution is -0.148. The molecule has 0 saturated carbocycles. The minimum atomic E-state index is -1.29. The number of hydrogen-bond donors (Lipinski definition) is 3. The zero-order valence-corrected chi connectivity index (χ0v) is 13.5. The first kappa shape index (κ1) is 19.6. The molecular formula is C15H18ClN3O5. The van der Waals surface area contributed by atoms with Crippen molar-refractivity contribution < 1.29 is 24.3 Å². The summed E-state index contributed by atoms with van der Waals surface area (Å²) in [5.74, 6) is -3.20. The summed E-state index contributed by atoms with van der Waals surface area (Å²) < 4.78 is 0. The highest BCUT2D eigenvalue weighted by molar-refractivity contribution is 6.08. The molecule has 0 aromatic heterocycles. The number of rotatable bonds is 6. The van der Waals surface area contributed by atoms with Gasteiger partial charge in [0, 0.05) is 0 Å². The molecule has 1 fully saturated rings. The van der Waals surface area contributed by atoms with Gasteiger partial charge in [-0.1, -0.05) is 30.3 Å². The van der Waals surface area contributed by atoms with E-state index >= 15 is 0 Å².